The minimum Gasteiger partial charge on any atom is -0.506 e. The van der Waals surface area contributed by atoms with Crippen molar-refractivity contribution in [3.63, 3.8) is 0 Å². The molecule has 3 nitrogen and oxygen atoms in total. The van der Waals surface area contributed by atoms with Gasteiger partial charge >= 0.3 is 0 Å². The molecule has 1 unspecified atom stereocenters. The van der Waals surface area contributed by atoms with Crippen LogP contribution in [0.4, 0.5) is 0 Å². The first-order chi connectivity index (χ1) is 5.25. The van der Waals surface area contributed by atoms with E-state index in [0.717, 1.165) is 0 Å². The summed E-state index contributed by atoms with van der Waals surface area (Å²) >= 11 is 0. The lowest BCUT2D eigenvalue weighted by molar-refractivity contribution is 0.164. The van der Waals surface area contributed by atoms with Crippen molar-refractivity contribution in [1.82, 2.24) is 4.98 Å². The highest BCUT2D eigenvalue weighted by Gasteiger charge is 2.09. The van der Waals surface area contributed by atoms with E-state index in [0.29, 0.717) is 12.1 Å². The second kappa shape index (κ2) is 3.34. The topological polar surface area (TPSA) is 53.4 Å². The summed E-state index contributed by atoms with van der Waals surface area (Å²) in [4.78, 5) is 3.85. The second-order valence-electron chi connectivity index (χ2n) is 2.33. The van der Waals surface area contributed by atoms with Crippen LogP contribution in [0.15, 0.2) is 18.3 Å². The Balaban J connectivity index is 2.93. The number of aliphatic hydroxyl groups is 1. The van der Waals surface area contributed by atoms with Crippen molar-refractivity contribution in [3.05, 3.63) is 24.0 Å². The van der Waals surface area contributed by atoms with E-state index in [-0.39, 0.29) is 5.75 Å². The molecule has 0 amide bonds. The minimum atomic E-state index is -0.656. The van der Waals surface area contributed by atoms with E-state index < -0.39 is 6.10 Å². The number of aromatic hydroxyl groups is 1. The molecule has 0 radical (unpaired) electrons. The number of aromatic nitrogens is 1. The maximum atomic E-state index is 9.29. The van der Waals surface area contributed by atoms with Crippen molar-refractivity contribution in [2.24, 2.45) is 0 Å². The standard InChI is InChI=1S/C8H11NO2/c1-2-6(10)8-7(11)4-3-5-9-8/h3-6,10-11H,2H2,1H3. The van der Waals surface area contributed by atoms with Gasteiger partial charge in [0.1, 0.15) is 11.4 Å². The Bertz CT molecular complexity index is 237. The lowest BCUT2D eigenvalue weighted by atomic mass is 10.2. The molecular formula is C8H11NO2. The molecule has 0 aliphatic heterocycles. The van der Waals surface area contributed by atoms with E-state index in [2.05, 4.69) is 4.98 Å². The average molecular weight is 153 g/mol. The SMILES string of the molecule is CCC(O)c1ncccc1O. The molecule has 0 saturated heterocycles. The maximum Gasteiger partial charge on any atom is 0.139 e. The Morgan fingerprint density at radius 3 is 2.91 bits per heavy atom. The zero-order valence-corrected chi connectivity index (χ0v) is 6.36. The molecule has 0 aliphatic rings. The predicted molar refractivity (Wildman–Crippen MR) is 41.2 cm³/mol. The Morgan fingerprint density at radius 1 is 1.64 bits per heavy atom. The molecule has 0 aromatic carbocycles. The molecule has 0 aliphatic carbocycles. The van der Waals surface area contributed by atoms with Crippen LogP contribution in [0.2, 0.25) is 0 Å². The molecule has 11 heavy (non-hydrogen) atoms. The van der Waals surface area contributed by atoms with Crippen molar-refractivity contribution in [2.45, 2.75) is 19.4 Å². The van der Waals surface area contributed by atoms with Gasteiger partial charge in [0, 0.05) is 6.20 Å². The van der Waals surface area contributed by atoms with Crippen LogP contribution in [0, 0.1) is 0 Å². The third kappa shape index (κ3) is 1.68. The number of nitrogens with zero attached hydrogens (tertiary/aromatic N) is 1. The normalized spacial score (nSPS) is 12.9. The van der Waals surface area contributed by atoms with Crippen molar-refractivity contribution in [2.75, 3.05) is 0 Å². The molecular weight excluding hydrogens is 142 g/mol. The maximum absolute atomic E-state index is 9.29. The van der Waals surface area contributed by atoms with E-state index in [4.69, 9.17) is 0 Å². The zero-order chi connectivity index (χ0) is 8.27. The van der Waals surface area contributed by atoms with Crippen molar-refractivity contribution in [1.29, 1.82) is 0 Å². The summed E-state index contributed by atoms with van der Waals surface area (Å²) in [5.41, 5.74) is 0.356. The third-order valence-corrected chi connectivity index (χ3v) is 1.52. The van der Waals surface area contributed by atoms with Crippen LogP contribution in [0.25, 0.3) is 0 Å². The van der Waals surface area contributed by atoms with Crippen LogP contribution >= 0.6 is 0 Å². The van der Waals surface area contributed by atoms with Crippen LogP contribution in [0.3, 0.4) is 0 Å². The molecule has 0 bridgehead atoms. The van der Waals surface area contributed by atoms with Crippen molar-refractivity contribution < 1.29 is 10.2 Å². The van der Waals surface area contributed by atoms with Crippen LogP contribution < -0.4 is 0 Å². The number of hydrogen-bond acceptors (Lipinski definition) is 3. The zero-order valence-electron chi connectivity index (χ0n) is 6.36. The molecule has 1 aromatic heterocycles. The molecule has 0 spiro atoms. The van der Waals surface area contributed by atoms with Crippen molar-refractivity contribution in [3.8, 4) is 5.75 Å². The fraction of sp³-hybridized carbons (Fsp3) is 0.375. The summed E-state index contributed by atoms with van der Waals surface area (Å²) in [5, 5.41) is 18.5. The van der Waals surface area contributed by atoms with Crippen LogP contribution in [-0.2, 0) is 0 Å². The Labute approximate surface area is 65.3 Å². The summed E-state index contributed by atoms with van der Waals surface area (Å²) in [7, 11) is 0. The highest BCUT2D eigenvalue weighted by Crippen LogP contribution is 2.22. The van der Waals surface area contributed by atoms with Gasteiger partial charge in [-0.3, -0.25) is 4.98 Å². The molecule has 1 heterocycles. The van der Waals surface area contributed by atoms with Gasteiger partial charge in [-0.2, -0.15) is 0 Å². The lowest BCUT2D eigenvalue weighted by Crippen LogP contribution is -1.98. The van der Waals surface area contributed by atoms with Gasteiger partial charge in [0.15, 0.2) is 0 Å². The average Bonchev–Trinajstić information content (AvgIpc) is 2.04. The summed E-state index contributed by atoms with van der Waals surface area (Å²) in [6, 6.07) is 3.14. The van der Waals surface area contributed by atoms with Gasteiger partial charge in [0.2, 0.25) is 0 Å². The van der Waals surface area contributed by atoms with Crippen LogP contribution in [0.5, 0.6) is 5.75 Å². The van der Waals surface area contributed by atoms with E-state index in [9.17, 15) is 10.2 Å². The largest absolute Gasteiger partial charge is 0.506 e. The first-order valence-corrected chi connectivity index (χ1v) is 3.57. The first kappa shape index (κ1) is 8.01. The van der Waals surface area contributed by atoms with E-state index >= 15 is 0 Å². The van der Waals surface area contributed by atoms with Crippen LogP contribution in [-0.4, -0.2) is 15.2 Å². The monoisotopic (exact) mass is 153 g/mol. The molecule has 0 fully saturated rings. The van der Waals surface area contributed by atoms with Gasteiger partial charge in [-0.25, -0.2) is 0 Å². The number of hydrogen-bond donors (Lipinski definition) is 2. The minimum absolute atomic E-state index is 0.0573. The van der Waals surface area contributed by atoms with Crippen LogP contribution in [0.1, 0.15) is 25.1 Å². The fourth-order valence-corrected chi connectivity index (χ4v) is 0.859. The number of aliphatic hydroxyl groups excluding tert-OH is 1. The third-order valence-electron chi connectivity index (χ3n) is 1.52. The Morgan fingerprint density at radius 2 is 2.36 bits per heavy atom. The van der Waals surface area contributed by atoms with Gasteiger partial charge < -0.3 is 10.2 Å². The summed E-state index contributed by atoms with van der Waals surface area (Å²) < 4.78 is 0. The molecule has 60 valence electrons. The Hall–Kier alpha value is -1.09. The van der Waals surface area contributed by atoms with E-state index in [1.807, 2.05) is 6.92 Å². The summed E-state index contributed by atoms with van der Waals surface area (Å²) in [6.45, 7) is 1.83. The van der Waals surface area contributed by atoms with E-state index in [1.54, 1.807) is 12.3 Å². The molecule has 3 heteroatoms. The smallest absolute Gasteiger partial charge is 0.139 e. The lowest BCUT2D eigenvalue weighted by Gasteiger charge is -2.07. The van der Waals surface area contributed by atoms with Gasteiger partial charge in [0.05, 0.1) is 6.10 Å². The Kier molecular flexibility index (Phi) is 2.44. The fourth-order valence-electron chi connectivity index (χ4n) is 0.859. The quantitative estimate of drug-likeness (QED) is 0.671. The van der Waals surface area contributed by atoms with Gasteiger partial charge in [0.25, 0.3) is 0 Å². The highest BCUT2D eigenvalue weighted by molar-refractivity contribution is 5.26. The van der Waals surface area contributed by atoms with Gasteiger partial charge in [-0.1, -0.05) is 6.92 Å². The summed E-state index contributed by atoms with van der Waals surface area (Å²) in [6.07, 6.45) is 1.45. The summed E-state index contributed by atoms with van der Waals surface area (Å²) in [5.74, 6) is 0.0573. The first-order valence-electron chi connectivity index (χ1n) is 3.57. The van der Waals surface area contributed by atoms with E-state index in [1.165, 1.54) is 6.07 Å². The van der Waals surface area contributed by atoms with Crippen molar-refractivity contribution >= 4 is 0 Å². The molecule has 1 atom stereocenters. The molecule has 0 saturated carbocycles. The molecule has 2 N–H and O–H groups in total. The molecule has 1 aromatic rings. The molecule has 1 rings (SSSR count). The second-order valence-corrected chi connectivity index (χ2v) is 2.33. The number of pyridine rings is 1. The highest BCUT2D eigenvalue weighted by atomic mass is 16.3. The predicted octanol–water partition coefficient (Wildman–Crippen LogP) is 1.23. The van der Waals surface area contributed by atoms with Gasteiger partial charge in [-0.15, -0.1) is 0 Å². The number of rotatable bonds is 2. The van der Waals surface area contributed by atoms with Gasteiger partial charge in [-0.05, 0) is 18.6 Å².